The third kappa shape index (κ3) is 2.55. The third-order valence-corrected chi connectivity index (χ3v) is 3.93. The van der Waals surface area contributed by atoms with Crippen LogP contribution in [-0.2, 0) is 0 Å². The first-order valence-electron chi connectivity index (χ1n) is 5.78. The van der Waals surface area contributed by atoms with Gasteiger partial charge in [-0.15, -0.1) is 0 Å². The highest BCUT2D eigenvalue weighted by atomic mass is 32.2. The minimum atomic E-state index is 0.520. The van der Waals surface area contributed by atoms with Crippen LogP contribution < -0.4 is 0 Å². The van der Waals surface area contributed by atoms with E-state index in [9.17, 15) is 0 Å². The lowest BCUT2D eigenvalue weighted by molar-refractivity contribution is 0.831. The van der Waals surface area contributed by atoms with Crippen LogP contribution in [0.15, 0.2) is 30.3 Å². The van der Waals surface area contributed by atoms with Crippen molar-refractivity contribution in [3.05, 3.63) is 47.3 Å². The van der Waals surface area contributed by atoms with E-state index in [0.717, 1.165) is 11.4 Å². The van der Waals surface area contributed by atoms with Crippen molar-refractivity contribution in [3.8, 4) is 5.69 Å². The molecule has 0 amide bonds. The Hall–Kier alpha value is -1.22. The summed E-state index contributed by atoms with van der Waals surface area (Å²) in [6.45, 7) is 6.34. The second-order valence-electron chi connectivity index (χ2n) is 4.31. The zero-order valence-electron chi connectivity index (χ0n) is 10.8. The van der Waals surface area contributed by atoms with Gasteiger partial charge < -0.3 is 0 Å². The highest BCUT2D eigenvalue weighted by Crippen LogP contribution is 2.27. The lowest BCUT2D eigenvalue weighted by Crippen LogP contribution is -2.00. The van der Waals surface area contributed by atoms with Crippen molar-refractivity contribution in [2.75, 3.05) is 6.26 Å². The molecule has 90 valence electrons. The molecule has 0 N–H and O–H groups in total. The Labute approximate surface area is 107 Å². The van der Waals surface area contributed by atoms with Crippen LogP contribution in [0.25, 0.3) is 5.69 Å². The zero-order chi connectivity index (χ0) is 12.4. The van der Waals surface area contributed by atoms with Crippen LogP contribution in [0.5, 0.6) is 0 Å². The molecule has 0 aliphatic heterocycles. The molecule has 3 heteroatoms. The topological polar surface area (TPSA) is 17.8 Å². The van der Waals surface area contributed by atoms with Gasteiger partial charge in [0.15, 0.2) is 0 Å². The molecule has 0 aliphatic rings. The Morgan fingerprint density at radius 2 is 2.00 bits per heavy atom. The van der Waals surface area contributed by atoms with E-state index < -0.39 is 0 Å². The van der Waals surface area contributed by atoms with Crippen molar-refractivity contribution in [2.24, 2.45) is 0 Å². The molecular weight excluding hydrogens is 228 g/mol. The monoisotopic (exact) mass is 246 g/mol. The van der Waals surface area contributed by atoms with Gasteiger partial charge in [-0.3, -0.25) is 0 Å². The Kier molecular flexibility index (Phi) is 3.57. The summed E-state index contributed by atoms with van der Waals surface area (Å²) in [5.74, 6) is 0. The van der Waals surface area contributed by atoms with E-state index in [1.54, 1.807) is 0 Å². The number of nitrogens with zero attached hydrogens (tertiary/aromatic N) is 2. The number of hydrogen-bond donors (Lipinski definition) is 0. The molecule has 0 aliphatic carbocycles. The van der Waals surface area contributed by atoms with Gasteiger partial charge in [-0.25, -0.2) is 4.68 Å². The average molecular weight is 246 g/mol. The highest BCUT2D eigenvalue weighted by Gasteiger charge is 2.07. The van der Waals surface area contributed by atoms with E-state index in [0.29, 0.717) is 5.25 Å². The van der Waals surface area contributed by atoms with Gasteiger partial charge in [0.25, 0.3) is 0 Å². The fourth-order valence-corrected chi connectivity index (χ4v) is 2.35. The first-order chi connectivity index (χ1) is 8.11. The molecule has 1 aromatic carbocycles. The minimum Gasteiger partial charge on any atom is -0.238 e. The van der Waals surface area contributed by atoms with Gasteiger partial charge in [0, 0.05) is 10.9 Å². The number of hydrogen-bond acceptors (Lipinski definition) is 2. The van der Waals surface area contributed by atoms with Crippen LogP contribution in [0, 0.1) is 13.8 Å². The summed E-state index contributed by atoms with van der Waals surface area (Å²) in [7, 11) is 0. The van der Waals surface area contributed by atoms with Crippen molar-refractivity contribution >= 4 is 11.8 Å². The molecule has 1 unspecified atom stereocenters. The van der Waals surface area contributed by atoms with E-state index in [4.69, 9.17) is 0 Å². The molecule has 1 aromatic heterocycles. The SMILES string of the molecule is CSC(C)c1cccc(-n2nc(C)cc2C)c1. The molecule has 1 heterocycles. The zero-order valence-corrected chi connectivity index (χ0v) is 11.6. The molecule has 0 radical (unpaired) electrons. The lowest BCUT2D eigenvalue weighted by atomic mass is 10.1. The predicted molar refractivity (Wildman–Crippen MR) is 75.0 cm³/mol. The summed E-state index contributed by atoms with van der Waals surface area (Å²) >= 11 is 1.86. The van der Waals surface area contributed by atoms with Gasteiger partial charge in [-0.1, -0.05) is 12.1 Å². The van der Waals surface area contributed by atoms with Crippen molar-refractivity contribution in [1.29, 1.82) is 0 Å². The molecule has 0 saturated carbocycles. The van der Waals surface area contributed by atoms with Gasteiger partial charge in [-0.05, 0) is 50.8 Å². The van der Waals surface area contributed by atoms with Crippen LogP contribution in [0.1, 0.15) is 29.1 Å². The molecule has 17 heavy (non-hydrogen) atoms. The minimum absolute atomic E-state index is 0.520. The second-order valence-corrected chi connectivity index (χ2v) is 5.49. The molecule has 2 aromatic rings. The predicted octanol–water partition coefficient (Wildman–Crippen LogP) is 3.91. The van der Waals surface area contributed by atoms with E-state index in [1.165, 1.54) is 11.3 Å². The van der Waals surface area contributed by atoms with Crippen molar-refractivity contribution in [1.82, 2.24) is 9.78 Å². The van der Waals surface area contributed by atoms with E-state index in [2.05, 4.69) is 55.5 Å². The fourth-order valence-electron chi connectivity index (χ4n) is 1.94. The van der Waals surface area contributed by atoms with E-state index >= 15 is 0 Å². The van der Waals surface area contributed by atoms with Crippen LogP contribution in [0.2, 0.25) is 0 Å². The van der Waals surface area contributed by atoms with Crippen molar-refractivity contribution in [2.45, 2.75) is 26.0 Å². The summed E-state index contributed by atoms with van der Waals surface area (Å²) in [6, 6.07) is 10.7. The Morgan fingerprint density at radius 1 is 1.24 bits per heavy atom. The molecule has 0 bridgehead atoms. The van der Waals surface area contributed by atoms with Crippen LogP contribution in [0.3, 0.4) is 0 Å². The number of rotatable bonds is 3. The van der Waals surface area contributed by atoms with Crippen LogP contribution >= 0.6 is 11.8 Å². The molecule has 2 nitrogen and oxygen atoms in total. The summed E-state index contributed by atoms with van der Waals surface area (Å²) in [5, 5.41) is 5.04. The smallest absolute Gasteiger partial charge is 0.0651 e. The molecular formula is C14H18N2S. The summed E-state index contributed by atoms with van der Waals surface area (Å²) in [6.07, 6.45) is 2.14. The average Bonchev–Trinajstić information content (AvgIpc) is 2.67. The summed E-state index contributed by atoms with van der Waals surface area (Å²) in [4.78, 5) is 0. The normalized spacial score (nSPS) is 12.7. The maximum atomic E-state index is 4.52. The first-order valence-corrected chi connectivity index (χ1v) is 7.07. The number of aryl methyl sites for hydroxylation is 2. The summed E-state index contributed by atoms with van der Waals surface area (Å²) in [5.41, 5.74) is 4.74. The van der Waals surface area contributed by atoms with Crippen LogP contribution in [-0.4, -0.2) is 16.0 Å². The Bertz CT molecular complexity index is 517. The van der Waals surface area contributed by atoms with Crippen molar-refractivity contribution < 1.29 is 0 Å². The third-order valence-electron chi connectivity index (χ3n) is 2.95. The summed E-state index contributed by atoms with van der Waals surface area (Å²) < 4.78 is 2.01. The van der Waals surface area contributed by atoms with Gasteiger partial charge in [0.2, 0.25) is 0 Å². The quantitative estimate of drug-likeness (QED) is 0.817. The molecule has 0 saturated heterocycles. The largest absolute Gasteiger partial charge is 0.238 e. The lowest BCUT2D eigenvalue weighted by Gasteiger charge is -2.11. The molecule has 0 spiro atoms. The maximum Gasteiger partial charge on any atom is 0.0651 e. The van der Waals surface area contributed by atoms with Gasteiger partial charge >= 0.3 is 0 Å². The standard InChI is InChI=1S/C14H18N2S/c1-10-8-11(2)16(15-10)14-7-5-6-13(9-14)12(3)17-4/h5-9,12H,1-4H3. The molecule has 2 rings (SSSR count). The van der Waals surface area contributed by atoms with Gasteiger partial charge in [-0.2, -0.15) is 16.9 Å². The molecule has 0 fully saturated rings. The first kappa shape index (κ1) is 12.2. The number of aromatic nitrogens is 2. The van der Waals surface area contributed by atoms with Crippen molar-refractivity contribution in [3.63, 3.8) is 0 Å². The van der Waals surface area contributed by atoms with E-state index in [-0.39, 0.29) is 0 Å². The second kappa shape index (κ2) is 4.96. The van der Waals surface area contributed by atoms with Gasteiger partial charge in [0.05, 0.1) is 11.4 Å². The van der Waals surface area contributed by atoms with Gasteiger partial charge in [0.1, 0.15) is 0 Å². The van der Waals surface area contributed by atoms with E-state index in [1.807, 2.05) is 23.4 Å². The highest BCUT2D eigenvalue weighted by molar-refractivity contribution is 7.98. The fraction of sp³-hybridized carbons (Fsp3) is 0.357. The van der Waals surface area contributed by atoms with Crippen LogP contribution in [0.4, 0.5) is 0 Å². The Morgan fingerprint density at radius 3 is 2.59 bits per heavy atom. The number of thioether (sulfide) groups is 1. The Balaban J connectivity index is 2.43. The number of benzene rings is 1. The maximum absolute atomic E-state index is 4.52. The molecule has 1 atom stereocenters.